The van der Waals surface area contributed by atoms with Crippen molar-refractivity contribution < 1.29 is 7.51 Å². The zero-order valence-corrected chi connectivity index (χ0v) is 28.9. The predicted octanol–water partition coefficient (Wildman–Crippen LogP) is 6.68. The number of aromatic nitrogens is 2. The van der Waals surface area contributed by atoms with Gasteiger partial charge in [-0.25, -0.2) is 0 Å². The Morgan fingerprint density at radius 1 is 0.805 bits per heavy atom. The molecule has 0 aliphatic carbocycles. The van der Waals surface area contributed by atoms with Gasteiger partial charge >= 0.3 is 218 Å². The summed E-state index contributed by atoms with van der Waals surface area (Å²) in [7, 11) is 3.43. The number of nitrogens with one attached hydrogen (secondary N) is 2. The molecule has 0 saturated heterocycles. The molecule has 2 aromatic carbocycles. The van der Waals surface area contributed by atoms with Crippen molar-refractivity contribution in [1.82, 2.24) is 20.6 Å². The fraction of sp³-hybridized carbons (Fsp3) is 0.312. The summed E-state index contributed by atoms with van der Waals surface area (Å²) >= 11 is 12.9. The molecule has 9 heteroatoms. The van der Waals surface area contributed by atoms with Crippen molar-refractivity contribution in [3.05, 3.63) is 82.0 Å². The summed E-state index contributed by atoms with van der Waals surface area (Å²) < 4.78 is 12.4. The molecule has 0 unspecified atom stereocenters. The number of hydrogen-bond acceptors (Lipinski definition) is 6. The molecule has 0 atom stereocenters. The Morgan fingerprint density at radius 3 is 2.15 bits per heavy atom. The second-order valence-electron chi connectivity index (χ2n) is 10.2. The van der Waals surface area contributed by atoms with Crippen molar-refractivity contribution in [3.63, 3.8) is 0 Å². The number of benzene rings is 2. The Morgan fingerprint density at radius 2 is 1.46 bits per heavy atom. The predicted molar refractivity (Wildman–Crippen MR) is 171 cm³/mol. The van der Waals surface area contributed by atoms with Gasteiger partial charge in [-0.15, -0.1) is 0 Å². The Labute approximate surface area is 265 Å². The first-order chi connectivity index (χ1) is 19.7. The van der Waals surface area contributed by atoms with Crippen LogP contribution in [0, 0.1) is 0 Å². The average Bonchev–Trinajstić information content (AvgIpc) is 2.96. The number of hydrogen-bond donors (Lipinski definition) is 2. The number of nitrogens with zero attached hydrogens (tertiary/aromatic N) is 2. The molecule has 0 radical (unpaired) electrons. The topological polar surface area (TPSA) is 68.3 Å². The molecule has 2 heterocycles. The van der Waals surface area contributed by atoms with Crippen molar-refractivity contribution >= 4 is 50.6 Å². The molecular weight excluding hydrogens is 752 g/mol. The van der Waals surface area contributed by atoms with E-state index in [1.165, 1.54) is 5.56 Å². The molecular formula is C32H36Cl2N4O2Po. The normalized spacial score (nSPS) is 11.5. The summed E-state index contributed by atoms with van der Waals surface area (Å²) in [5, 5.41) is 8.04. The molecule has 6 nitrogen and oxygen atoms in total. The van der Waals surface area contributed by atoms with Crippen LogP contribution in [0.1, 0.15) is 38.8 Å². The molecule has 0 aliphatic rings. The van der Waals surface area contributed by atoms with Crippen LogP contribution >= 0.6 is 23.2 Å². The standard InChI is InChI=1S/C31H33Cl2N4O.CH3O.Po/c1-19(2)35-16-21-9-12-27(37-17-21)26-8-6-7-24(29(26)32)25-13-14-34-31(30(25)33)22-10-11-23(18-36-20(3)4)28(15-22)38-5;1-2;/h6-15,19-20,35-36H,16,18H2,1-5H3;1H3;/q;-1;+1. The van der Waals surface area contributed by atoms with E-state index in [2.05, 4.69) is 55.4 Å². The van der Waals surface area contributed by atoms with Crippen molar-refractivity contribution in [3.8, 4) is 39.4 Å². The third kappa shape index (κ3) is 7.84. The third-order valence-electron chi connectivity index (χ3n) is 6.52. The van der Waals surface area contributed by atoms with Crippen LogP contribution in [-0.4, -0.2) is 60.3 Å². The minimum absolute atomic E-state index is 0.372. The molecule has 0 aliphatic heterocycles. The molecule has 4 rings (SSSR count). The van der Waals surface area contributed by atoms with E-state index >= 15 is 0 Å². The fourth-order valence-corrected chi connectivity index (χ4v) is 7.11. The van der Waals surface area contributed by atoms with Crippen molar-refractivity contribution in [2.45, 2.75) is 52.9 Å². The summed E-state index contributed by atoms with van der Waals surface area (Å²) in [5.74, 6) is 0.785. The van der Waals surface area contributed by atoms with Crippen LogP contribution in [0.4, 0.5) is 0 Å². The number of methoxy groups -OCH3 is 1. The number of ether oxygens (including phenoxy) is 1. The summed E-state index contributed by atoms with van der Waals surface area (Å²) in [6.45, 7) is 9.97. The number of pyridine rings is 2. The Balaban J connectivity index is 1.72. The maximum absolute atomic E-state index is 7.07. The molecule has 41 heavy (non-hydrogen) atoms. The molecule has 0 saturated carbocycles. The van der Waals surface area contributed by atoms with Gasteiger partial charge in [0.15, 0.2) is 0 Å². The van der Waals surface area contributed by atoms with E-state index in [0.29, 0.717) is 34.4 Å². The summed E-state index contributed by atoms with van der Waals surface area (Å²) in [5.41, 5.74) is 7.08. The van der Waals surface area contributed by atoms with Gasteiger partial charge in [0.25, 0.3) is 0 Å². The SMILES string of the molecule is C[O][Po][c]1nc(-c2cccc(-c3ccnc(-c4ccc(CNC(C)C)c(OC)c4)c3Cl)c2Cl)ccc1CNC(C)C. The van der Waals surface area contributed by atoms with Crippen molar-refractivity contribution in [2.24, 2.45) is 0 Å². The Hall–Kier alpha value is -2.10. The number of halogens is 2. The first kappa shape index (κ1) is 31.8. The fourth-order valence-electron chi connectivity index (χ4n) is 4.36. The van der Waals surface area contributed by atoms with Crippen LogP contribution in [-0.2, 0) is 15.9 Å². The Kier molecular flexibility index (Phi) is 11.5. The van der Waals surface area contributed by atoms with Crippen LogP contribution in [0.3, 0.4) is 0 Å². The van der Waals surface area contributed by atoms with Crippen molar-refractivity contribution in [2.75, 3.05) is 14.2 Å². The third-order valence-corrected chi connectivity index (χ3v) is 9.94. The molecule has 2 aromatic heterocycles. The molecule has 0 amide bonds. The summed E-state index contributed by atoms with van der Waals surface area (Å²) in [6, 6.07) is 18.8. The zero-order chi connectivity index (χ0) is 29.5. The van der Waals surface area contributed by atoms with Crippen LogP contribution in [0.25, 0.3) is 33.6 Å². The molecule has 0 fully saturated rings. The van der Waals surface area contributed by atoms with Gasteiger partial charge in [-0.05, 0) is 0 Å². The summed E-state index contributed by atoms with van der Waals surface area (Å²) in [6.07, 6.45) is 1.76. The summed E-state index contributed by atoms with van der Waals surface area (Å²) in [4.78, 5) is 9.63. The monoisotopic (exact) mass is 787 g/mol. The molecule has 4 aromatic rings. The van der Waals surface area contributed by atoms with E-state index in [1.807, 2.05) is 42.5 Å². The molecule has 0 spiro atoms. The van der Waals surface area contributed by atoms with Gasteiger partial charge in [-0.3, -0.25) is 0 Å². The van der Waals surface area contributed by atoms with Gasteiger partial charge in [0.05, 0.1) is 7.11 Å². The average molecular weight is 789 g/mol. The van der Waals surface area contributed by atoms with Crippen molar-refractivity contribution in [1.29, 1.82) is 0 Å². The van der Waals surface area contributed by atoms with Crippen LogP contribution in [0.2, 0.25) is 10.0 Å². The van der Waals surface area contributed by atoms with Crippen LogP contribution in [0.5, 0.6) is 5.75 Å². The van der Waals surface area contributed by atoms with Gasteiger partial charge in [0, 0.05) is 18.2 Å². The van der Waals surface area contributed by atoms with Gasteiger partial charge in [0.2, 0.25) is 0 Å². The first-order valence-corrected chi connectivity index (χ1v) is 17.2. The van der Waals surface area contributed by atoms with Gasteiger partial charge < -0.3 is 10.1 Å². The maximum atomic E-state index is 7.07. The van der Waals surface area contributed by atoms with E-state index in [1.54, 1.807) is 20.4 Å². The van der Waals surface area contributed by atoms with Crippen LogP contribution < -0.4 is 18.7 Å². The molecule has 2 N–H and O–H groups in total. The second-order valence-corrected chi connectivity index (χ2v) is 14.4. The first-order valence-electron chi connectivity index (χ1n) is 13.5. The van der Waals surface area contributed by atoms with E-state index in [0.717, 1.165) is 49.2 Å². The molecule has 0 bridgehead atoms. The van der Waals surface area contributed by atoms with Gasteiger partial charge in [-0.1, -0.05) is 13.8 Å². The van der Waals surface area contributed by atoms with E-state index in [4.69, 9.17) is 35.7 Å². The Bertz CT molecular complexity index is 1500. The quantitative estimate of drug-likeness (QED) is 0.167. The second kappa shape index (κ2) is 14.9. The van der Waals surface area contributed by atoms with Gasteiger partial charge in [0.1, 0.15) is 0 Å². The van der Waals surface area contributed by atoms with E-state index in [9.17, 15) is 0 Å². The van der Waals surface area contributed by atoms with E-state index < -0.39 is 24.0 Å². The minimum atomic E-state index is -1.25. The van der Waals surface area contributed by atoms with Gasteiger partial charge in [-0.2, -0.15) is 0 Å². The van der Waals surface area contributed by atoms with E-state index in [-0.39, 0.29) is 0 Å². The number of rotatable bonds is 12. The van der Waals surface area contributed by atoms with Crippen LogP contribution in [0.15, 0.2) is 60.8 Å². The zero-order valence-electron chi connectivity index (χ0n) is 24.2. The molecule has 216 valence electrons.